The molecule has 18 N–H and O–H groups in total. The summed E-state index contributed by atoms with van der Waals surface area (Å²) in [4.78, 5) is 156. The quantitative estimate of drug-likeness (QED) is 0.0308. The summed E-state index contributed by atoms with van der Waals surface area (Å²) in [7, 11) is 1.60. The fourth-order valence-corrected chi connectivity index (χ4v) is 9.53. The van der Waals surface area contributed by atoms with Gasteiger partial charge in [0, 0.05) is 6.42 Å². The van der Waals surface area contributed by atoms with Crippen LogP contribution < -0.4 is 75.3 Å². The number of amides is 10. The van der Waals surface area contributed by atoms with Crippen LogP contribution in [0.1, 0.15) is 120 Å². The molecule has 10 amide bonds. The second-order valence-corrected chi connectivity index (χ2v) is 23.1. The van der Waals surface area contributed by atoms with Crippen LogP contribution in [0, 0.1) is 23.7 Å². The van der Waals surface area contributed by atoms with Gasteiger partial charge in [-0.1, -0.05) is 111 Å². The number of nitrogens with two attached hydrogens (primary N) is 2. The molecular weight excluding hydrogens is 1160 g/mol. The average Bonchev–Trinajstić information content (AvgIpc) is 2.56. The Hall–Kier alpha value is -7.54. The molecule has 0 aromatic heterocycles. The molecule has 0 spiro atoms. The van der Waals surface area contributed by atoms with Crippen molar-refractivity contribution in [2.45, 2.75) is 199 Å². The molecule has 3 rings (SSSR count). The van der Waals surface area contributed by atoms with Crippen LogP contribution in [0.15, 0.2) is 35.3 Å². The number of carbonyl (C=O) groups is 11. The third-order valence-corrected chi connectivity index (χ3v) is 16.4. The van der Waals surface area contributed by atoms with E-state index in [9.17, 15) is 63.0 Å². The lowest BCUT2D eigenvalue weighted by molar-refractivity contribution is -0.157. The number of aliphatic hydroxyl groups excluding tert-OH is 2. The van der Waals surface area contributed by atoms with Crippen LogP contribution in [0.25, 0.3) is 0 Å². The third kappa shape index (κ3) is 24.1. The number of guanidine groups is 1. The third-order valence-electron chi connectivity index (χ3n) is 16.4. The highest BCUT2D eigenvalue weighted by Crippen LogP contribution is 2.17. The van der Waals surface area contributed by atoms with E-state index in [-0.39, 0.29) is 38.7 Å². The lowest BCUT2D eigenvalue weighted by Gasteiger charge is -2.32. The summed E-state index contributed by atoms with van der Waals surface area (Å²) in [5.74, 6) is -11.0. The van der Waals surface area contributed by atoms with E-state index < -0.39 is 187 Å². The fraction of sp³-hybridized carbons (Fsp3) is 0.695. The Morgan fingerprint density at radius 1 is 0.663 bits per heavy atom. The van der Waals surface area contributed by atoms with E-state index in [0.717, 1.165) is 5.56 Å². The molecule has 0 bridgehead atoms. The summed E-state index contributed by atoms with van der Waals surface area (Å²) in [6.45, 7) is 14.5. The van der Waals surface area contributed by atoms with Crippen molar-refractivity contribution in [2.24, 2.45) is 40.1 Å². The van der Waals surface area contributed by atoms with Crippen LogP contribution in [0.4, 0.5) is 0 Å². The molecule has 30 nitrogen and oxygen atoms in total. The second-order valence-electron chi connectivity index (χ2n) is 23.1. The minimum atomic E-state index is -1.67. The van der Waals surface area contributed by atoms with E-state index in [1.807, 2.05) is 30.3 Å². The van der Waals surface area contributed by atoms with Crippen molar-refractivity contribution in [1.29, 1.82) is 0 Å². The topological polar surface area (TPSA) is 455 Å². The predicted molar refractivity (Wildman–Crippen MR) is 328 cm³/mol. The number of rotatable bonds is 32. The average molecular weight is 1260 g/mol. The molecule has 1 saturated heterocycles. The maximum Gasteiger partial charge on any atom is 0.329 e. The van der Waals surface area contributed by atoms with Gasteiger partial charge in [-0.25, -0.2) is 4.79 Å². The van der Waals surface area contributed by atoms with Crippen molar-refractivity contribution >= 4 is 71.0 Å². The molecule has 0 radical (unpaired) electrons. The largest absolute Gasteiger partial charge is 0.459 e. The lowest BCUT2D eigenvalue weighted by atomic mass is 9.94. The van der Waals surface area contributed by atoms with E-state index >= 15 is 0 Å². The number of aliphatic hydroxyl groups is 2. The Bertz CT molecular complexity index is 2570. The first-order valence-electron chi connectivity index (χ1n) is 30.7. The zero-order valence-electron chi connectivity index (χ0n) is 53.2. The molecule has 2 aliphatic rings. The molecule has 2 aliphatic heterocycles. The van der Waals surface area contributed by atoms with Gasteiger partial charge in [0.05, 0.1) is 57.3 Å². The molecule has 17 atom stereocenters. The summed E-state index contributed by atoms with van der Waals surface area (Å²) in [6.07, 6.45) is -0.167. The fourth-order valence-electron chi connectivity index (χ4n) is 9.53. The van der Waals surface area contributed by atoms with Crippen LogP contribution >= 0.6 is 0 Å². The van der Waals surface area contributed by atoms with Crippen molar-refractivity contribution < 1.29 is 72.4 Å². The minimum Gasteiger partial charge on any atom is -0.459 e. The van der Waals surface area contributed by atoms with Gasteiger partial charge in [0.15, 0.2) is 5.96 Å². The molecule has 2 heterocycles. The summed E-state index contributed by atoms with van der Waals surface area (Å²) in [6, 6.07) is -5.19. The van der Waals surface area contributed by atoms with E-state index in [2.05, 4.69) is 68.8 Å². The standard InChI is InChI=1S/C59H99N15O15/c1-12-30(5)45(72-51(80)39(62-11)23-36-19-17-16-18-20-36)55(84)68-41(26-75)53(82)66-38(21-22-44(60)77)50(79)71-47(32(7)14-3)57(86)73-46(31(6)13-2)56(85)69-42(27-76)54(83)70-43-28-88-29-64-34(9)49(78)67-40(24-37-25-63-59(61)65-37)52(81)74-48(33(8)15-4)58(87)89-35(43)10/h16-20,30-35,37-43,45-48,62,64,75-76H,12-15,21-29H2,1-11H3,(H2,60,77)(H,66,82)(H,67,78)(H,68,84)(H,69,85)(H,70,83)(H,71,79)(H,72,80)(H,73,86)(H,74,81)(H3,61,63,65). The smallest absolute Gasteiger partial charge is 0.329 e. The highest BCUT2D eigenvalue weighted by atomic mass is 16.5. The lowest BCUT2D eigenvalue weighted by Crippen LogP contribution is -2.62. The Morgan fingerprint density at radius 2 is 1.17 bits per heavy atom. The number of benzene rings is 1. The van der Waals surface area contributed by atoms with Crippen molar-refractivity contribution in [3.05, 3.63) is 35.9 Å². The van der Waals surface area contributed by atoms with Gasteiger partial charge >= 0.3 is 5.97 Å². The van der Waals surface area contributed by atoms with Gasteiger partial charge in [0.1, 0.15) is 54.4 Å². The SMILES string of the molecule is CCC(C)C(NC(=O)C(Cc1ccccc1)NC)C(=O)NC(CO)C(=O)NC(CCC(N)=O)C(=O)NC(C(=O)NC(C(=O)NC(CO)C(=O)NC1COCNC(C)C(=O)NC(CC2CN=C(N)N2)C(=O)NC(C(C)CC)C(=O)OC1C)C(C)CC)C(C)CC. The Balaban J connectivity index is 1.82. The number of carbonyl (C=O) groups excluding carboxylic acids is 11. The minimum absolute atomic E-state index is 0.0742. The molecule has 30 heteroatoms. The number of esters is 1. The summed E-state index contributed by atoms with van der Waals surface area (Å²) in [5, 5.41) is 53.5. The zero-order valence-corrected chi connectivity index (χ0v) is 53.2. The van der Waals surface area contributed by atoms with Crippen molar-refractivity contribution in [3.8, 4) is 0 Å². The van der Waals surface area contributed by atoms with Crippen molar-refractivity contribution in [2.75, 3.05) is 40.1 Å². The van der Waals surface area contributed by atoms with Gasteiger partial charge in [0.25, 0.3) is 0 Å². The first-order valence-corrected chi connectivity index (χ1v) is 30.7. The van der Waals surface area contributed by atoms with Crippen LogP contribution in [0.2, 0.25) is 0 Å². The van der Waals surface area contributed by atoms with Gasteiger partial charge in [0.2, 0.25) is 59.1 Å². The van der Waals surface area contributed by atoms with Crippen molar-refractivity contribution in [3.63, 3.8) is 0 Å². The number of nitrogens with one attached hydrogen (secondary N) is 12. The van der Waals surface area contributed by atoms with Crippen LogP contribution in [0.3, 0.4) is 0 Å². The van der Waals surface area contributed by atoms with Gasteiger partial charge in [-0.2, -0.15) is 0 Å². The highest BCUT2D eigenvalue weighted by Gasteiger charge is 2.40. The maximum atomic E-state index is 14.4. The number of ether oxygens (including phenoxy) is 2. The van der Waals surface area contributed by atoms with E-state index in [0.29, 0.717) is 32.1 Å². The van der Waals surface area contributed by atoms with Crippen LogP contribution in [0.5, 0.6) is 0 Å². The molecular formula is C59H99N15O15. The summed E-state index contributed by atoms with van der Waals surface area (Å²) >= 11 is 0. The van der Waals surface area contributed by atoms with Crippen molar-refractivity contribution in [1.82, 2.24) is 63.8 Å². The zero-order chi connectivity index (χ0) is 66.7. The highest BCUT2D eigenvalue weighted by molar-refractivity contribution is 5.98. The monoisotopic (exact) mass is 1260 g/mol. The molecule has 0 saturated carbocycles. The number of cyclic esters (lactones) is 1. The van der Waals surface area contributed by atoms with Gasteiger partial charge in [-0.3, -0.25) is 58.3 Å². The normalized spacial score (nSPS) is 22.9. The first kappa shape index (κ1) is 75.7. The summed E-state index contributed by atoms with van der Waals surface area (Å²) in [5.41, 5.74) is 12.1. The summed E-state index contributed by atoms with van der Waals surface area (Å²) < 4.78 is 11.7. The number of likely N-dealkylation sites (N-methyl/N-ethyl adjacent to an activating group) is 1. The van der Waals surface area contributed by atoms with Crippen LogP contribution in [-0.2, 0) is 68.6 Å². The molecule has 1 aromatic carbocycles. The van der Waals surface area contributed by atoms with Gasteiger partial charge in [-0.15, -0.1) is 0 Å². The molecule has 89 heavy (non-hydrogen) atoms. The number of hydrogen-bond donors (Lipinski definition) is 16. The second kappa shape index (κ2) is 38.1. The van der Waals surface area contributed by atoms with E-state index in [1.54, 1.807) is 62.4 Å². The number of aliphatic imine (C=N–C) groups is 1. The molecule has 17 unspecified atom stereocenters. The molecule has 1 aromatic rings. The predicted octanol–water partition coefficient (Wildman–Crippen LogP) is -3.81. The van der Waals surface area contributed by atoms with Gasteiger partial charge < -0.3 is 89.6 Å². The Labute approximate surface area is 521 Å². The Kier molecular flexibility index (Phi) is 32.4. The Morgan fingerprint density at radius 3 is 1.66 bits per heavy atom. The molecule has 500 valence electrons. The first-order chi connectivity index (χ1) is 42.2. The number of hydrogen-bond acceptors (Lipinski definition) is 20. The van der Waals surface area contributed by atoms with E-state index in [4.69, 9.17) is 20.9 Å². The van der Waals surface area contributed by atoms with Gasteiger partial charge in [-0.05, 0) is 69.4 Å². The number of nitrogens with zero attached hydrogens (tertiary/aromatic N) is 1. The molecule has 1 fully saturated rings. The van der Waals surface area contributed by atoms with E-state index in [1.165, 1.54) is 13.8 Å². The molecule has 0 aliphatic carbocycles. The van der Waals surface area contributed by atoms with Crippen LogP contribution in [-0.4, -0.2) is 200 Å². The number of primary amides is 1. The maximum absolute atomic E-state index is 14.4.